The first-order valence-corrected chi connectivity index (χ1v) is 5.67. The summed E-state index contributed by atoms with van der Waals surface area (Å²) >= 11 is 0. The molecule has 1 heterocycles. The van der Waals surface area contributed by atoms with Crippen LogP contribution in [-0.4, -0.2) is 39.0 Å². The molecular formula is C13H12N2O5. The zero-order valence-electron chi connectivity index (χ0n) is 10.6. The number of carboxylic acids is 2. The lowest BCUT2D eigenvalue weighted by Crippen LogP contribution is -2.08. The van der Waals surface area contributed by atoms with E-state index in [0.29, 0.717) is 11.4 Å². The van der Waals surface area contributed by atoms with Crippen molar-refractivity contribution in [3.63, 3.8) is 0 Å². The van der Waals surface area contributed by atoms with Crippen molar-refractivity contribution < 1.29 is 24.5 Å². The maximum absolute atomic E-state index is 11.1. The van der Waals surface area contributed by atoms with Crippen molar-refractivity contribution in [2.75, 3.05) is 7.11 Å². The molecule has 104 valence electrons. The van der Waals surface area contributed by atoms with Gasteiger partial charge in [-0.1, -0.05) is 6.07 Å². The van der Waals surface area contributed by atoms with E-state index in [9.17, 15) is 9.59 Å². The summed E-state index contributed by atoms with van der Waals surface area (Å²) in [7, 11) is 1.44. The summed E-state index contributed by atoms with van der Waals surface area (Å²) in [6, 6.07) is 6.07. The summed E-state index contributed by atoms with van der Waals surface area (Å²) in [5, 5.41) is 22.1. The van der Waals surface area contributed by atoms with E-state index < -0.39 is 11.9 Å². The Morgan fingerprint density at radius 1 is 1.30 bits per heavy atom. The molecule has 1 aromatic heterocycles. The maximum Gasteiger partial charge on any atom is 0.339 e. The number of hydrogen-bond acceptors (Lipinski definition) is 4. The highest BCUT2D eigenvalue weighted by Gasteiger charge is 2.18. The molecule has 7 nitrogen and oxygen atoms in total. The van der Waals surface area contributed by atoms with E-state index in [2.05, 4.69) is 5.10 Å². The number of rotatable bonds is 5. The van der Waals surface area contributed by atoms with Crippen LogP contribution in [-0.2, 0) is 11.3 Å². The Hall–Kier alpha value is -2.67. The first kappa shape index (κ1) is 13.8. The second-order valence-electron chi connectivity index (χ2n) is 4.01. The van der Waals surface area contributed by atoms with Crippen molar-refractivity contribution in [2.24, 2.45) is 0 Å². The van der Waals surface area contributed by atoms with Gasteiger partial charge >= 0.3 is 11.9 Å². The first-order valence-electron chi connectivity index (χ1n) is 5.67. The van der Waals surface area contributed by atoms with Crippen LogP contribution in [0.15, 0.2) is 30.5 Å². The molecule has 7 heteroatoms. The number of methoxy groups -OCH3 is 1. The van der Waals surface area contributed by atoms with Gasteiger partial charge in [0.1, 0.15) is 5.56 Å². The van der Waals surface area contributed by atoms with Gasteiger partial charge in [0.15, 0.2) is 0 Å². The number of ether oxygens (including phenoxy) is 1. The summed E-state index contributed by atoms with van der Waals surface area (Å²) in [6.07, 6.45) is 1.21. The third-order valence-corrected chi connectivity index (χ3v) is 2.72. The number of carbonyl (C=O) groups is 2. The standard InChI is InChI=1S/C13H12N2O5/c1-20-7-11-10(13(18)19)6-14-15(11)9-4-2-3-8(5-9)12(16)17/h2-6H,7H2,1H3,(H,16,17)(H,18,19). The summed E-state index contributed by atoms with van der Waals surface area (Å²) in [5.74, 6) is -2.18. The SMILES string of the molecule is COCc1c(C(=O)O)cnn1-c1cccc(C(=O)O)c1. The molecule has 0 saturated carbocycles. The van der Waals surface area contributed by atoms with E-state index in [1.807, 2.05) is 0 Å². The molecule has 0 radical (unpaired) electrons. The predicted octanol–water partition coefficient (Wildman–Crippen LogP) is 1.42. The average Bonchev–Trinajstić information content (AvgIpc) is 2.83. The molecule has 0 aliphatic rings. The third kappa shape index (κ3) is 2.52. The second kappa shape index (κ2) is 5.54. The van der Waals surface area contributed by atoms with Crippen LogP contribution < -0.4 is 0 Å². The van der Waals surface area contributed by atoms with Gasteiger partial charge in [0.25, 0.3) is 0 Å². The molecule has 0 aliphatic carbocycles. The molecular weight excluding hydrogens is 264 g/mol. The molecule has 0 saturated heterocycles. The van der Waals surface area contributed by atoms with Crippen molar-refractivity contribution in [1.29, 1.82) is 0 Å². The zero-order chi connectivity index (χ0) is 14.7. The van der Waals surface area contributed by atoms with Gasteiger partial charge in [-0.3, -0.25) is 0 Å². The average molecular weight is 276 g/mol. The third-order valence-electron chi connectivity index (χ3n) is 2.72. The fourth-order valence-corrected chi connectivity index (χ4v) is 1.82. The fraction of sp³-hybridized carbons (Fsp3) is 0.154. The molecule has 0 aliphatic heterocycles. The largest absolute Gasteiger partial charge is 0.478 e. The number of benzene rings is 1. The van der Waals surface area contributed by atoms with Crippen molar-refractivity contribution in [2.45, 2.75) is 6.61 Å². The topological polar surface area (TPSA) is 102 Å². The Kier molecular flexibility index (Phi) is 3.81. The molecule has 0 atom stereocenters. The minimum Gasteiger partial charge on any atom is -0.478 e. The van der Waals surface area contributed by atoms with E-state index >= 15 is 0 Å². The van der Waals surface area contributed by atoms with E-state index in [0.717, 1.165) is 0 Å². The Morgan fingerprint density at radius 3 is 2.65 bits per heavy atom. The van der Waals surface area contributed by atoms with Crippen LogP contribution in [0, 0.1) is 0 Å². The van der Waals surface area contributed by atoms with Crippen LogP contribution in [0.2, 0.25) is 0 Å². The van der Waals surface area contributed by atoms with E-state index in [4.69, 9.17) is 14.9 Å². The first-order chi connectivity index (χ1) is 9.54. The smallest absolute Gasteiger partial charge is 0.339 e. The normalized spacial score (nSPS) is 10.4. The van der Waals surface area contributed by atoms with Gasteiger partial charge in [-0.25, -0.2) is 14.3 Å². The molecule has 2 aromatic rings. The molecule has 0 unspecified atom stereocenters. The molecule has 0 spiro atoms. The van der Waals surface area contributed by atoms with Crippen molar-refractivity contribution in [3.8, 4) is 5.69 Å². The number of aromatic nitrogens is 2. The predicted molar refractivity (Wildman–Crippen MR) is 68.2 cm³/mol. The highest BCUT2D eigenvalue weighted by molar-refractivity contribution is 5.89. The van der Waals surface area contributed by atoms with Crippen LogP contribution >= 0.6 is 0 Å². The molecule has 0 amide bonds. The number of carboxylic acid groups (broad SMARTS) is 2. The summed E-state index contributed by atoms with van der Waals surface area (Å²) in [6.45, 7) is 0.0545. The second-order valence-corrected chi connectivity index (χ2v) is 4.01. The minimum atomic E-state index is -1.11. The molecule has 2 N–H and O–H groups in total. The molecule has 1 aromatic carbocycles. The Labute approximate surface area is 114 Å². The van der Waals surface area contributed by atoms with Crippen molar-refractivity contribution in [1.82, 2.24) is 9.78 Å². The Bertz CT molecular complexity index is 663. The minimum absolute atomic E-state index is 0.0209. The fourth-order valence-electron chi connectivity index (χ4n) is 1.82. The molecule has 0 bridgehead atoms. The lowest BCUT2D eigenvalue weighted by atomic mass is 10.2. The van der Waals surface area contributed by atoms with Gasteiger partial charge in [0.2, 0.25) is 0 Å². The van der Waals surface area contributed by atoms with Gasteiger partial charge in [0.05, 0.1) is 29.7 Å². The van der Waals surface area contributed by atoms with Crippen LogP contribution in [0.3, 0.4) is 0 Å². The van der Waals surface area contributed by atoms with Gasteiger partial charge in [-0.2, -0.15) is 5.10 Å². The van der Waals surface area contributed by atoms with Crippen LogP contribution in [0.1, 0.15) is 26.4 Å². The summed E-state index contributed by atoms with van der Waals surface area (Å²) < 4.78 is 6.34. The molecule has 0 fully saturated rings. The number of nitrogens with zero attached hydrogens (tertiary/aromatic N) is 2. The lowest BCUT2D eigenvalue weighted by molar-refractivity contribution is 0.0682. The van der Waals surface area contributed by atoms with Gasteiger partial charge < -0.3 is 14.9 Å². The van der Waals surface area contributed by atoms with E-state index in [1.54, 1.807) is 12.1 Å². The number of hydrogen-bond donors (Lipinski definition) is 2. The number of aromatic carboxylic acids is 2. The van der Waals surface area contributed by atoms with Crippen LogP contribution in [0.4, 0.5) is 0 Å². The van der Waals surface area contributed by atoms with Crippen molar-refractivity contribution >= 4 is 11.9 Å². The van der Waals surface area contributed by atoms with Crippen molar-refractivity contribution in [3.05, 3.63) is 47.3 Å². The quantitative estimate of drug-likeness (QED) is 0.856. The monoisotopic (exact) mass is 276 g/mol. The van der Waals surface area contributed by atoms with Crippen LogP contribution in [0.25, 0.3) is 5.69 Å². The van der Waals surface area contributed by atoms with Crippen LogP contribution in [0.5, 0.6) is 0 Å². The van der Waals surface area contributed by atoms with E-state index in [1.165, 1.54) is 30.1 Å². The summed E-state index contributed by atoms with van der Waals surface area (Å²) in [4.78, 5) is 22.1. The molecule has 2 rings (SSSR count). The maximum atomic E-state index is 11.1. The van der Waals surface area contributed by atoms with E-state index in [-0.39, 0.29) is 17.7 Å². The van der Waals surface area contributed by atoms with Gasteiger partial charge in [0, 0.05) is 7.11 Å². The zero-order valence-corrected chi connectivity index (χ0v) is 10.6. The lowest BCUT2D eigenvalue weighted by Gasteiger charge is -2.08. The Morgan fingerprint density at radius 2 is 2.05 bits per heavy atom. The highest BCUT2D eigenvalue weighted by atomic mass is 16.5. The van der Waals surface area contributed by atoms with Gasteiger partial charge in [-0.05, 0) is 18.2 Å². The Balaban J connectivity index is 2.54. The highest BCUT2D eigenvalue weighted by Crippen LogP contribution is 2.17. The summed E-state index contributed by atoms with van der Waals surface area (Å²) in [5.41, 5.74) is 0.929. The molecule has 20 heavy (non-hydrogen) atoms. The van der Waals surface area contributed by atoms with Gasteiger partial charge in [-0.15, -0.1) is 0 Å².